The van der Waals surface area contributed by atoms with Gasteiger partial charge >= 0.3 is 5.97 Å². The highest BCUT2D eigenvalue weighted by molar-refractivity contribution is 6.34. The molecule has 5 nitrogen and oxygen atoms in total. The highest BCUT2D eigenvalue weighted by Gasteiger charge is 2.15. The number of anilines is 1. The van der Waals surface area contributed by atoms with Crippen LogP contribution in [-0.4, -0.2) is 18.2 Å². The maximum absolute atomic E-state index is 14.0. The number of rotatable bonds is 8. The summed E-state index contributed by atoms with van der Waals surface area (Å²) in [6.07, 6.45) is 0. The molecule has 3 aromatic rings. The molecule has 3 rings (SSSR count). The van der Waals surface area contributed by atoms with Gasteiger partial charge in [-0.15, -0.1) is 0 Å². The quantitative estimate of drug-likeness (QED) is 0.373. The Morgan fingerprint density at radius 2 is 1.84 bits per heavy atom. The predicted molar refractivity (Wildman–Crippen MR) is 119 cm³/mol. The molecule has 0 saturated carbocycles. The van der Waals surface area contributed by atoms with Crippen molar-refractivity contribution in [2.24, 2.45) is 0 Å². The summed E-state index contributed by atoms with van der Waals surface area (Å²) in [5.41, 5.74) is 1.65. The lowest BCUT2D eigenvalue weighted by atomic mass is 10.1. The van der Waals surface area contributed by atoms with Gasteiger partial charge in [0.1, 0.15) is 12.4 Å². The Hall–Kier alpha value is -2.67. The third kappa shape index (κ3) is 5.53. The topological polar surface area (TPSA) is 67.8 Å². The summed E-state index contributed by atoms with van der Waals surface area (Å²) < 4.78 is 25.1. The second kappa shape index (κ2) is 10.1. The maximum Gasteiger partial charge on any atom is 0.337 e. The lowest BCUT2D eigenvalue weighted by molar-refractivity contribution is 0.0697. The molecule has 0 atom stereocenters. The van der Waals surface area contributed by atoms with Crippen LogP contribution in [0.2, 0.25) is 15.1 Å². The van der Waals surface area contributed by atoms with Crippen molar-refractivity contribution in [2.75, 3.05) is 12.4 Å². The van der Waals surface area contributed by atoms with E-state index in [1.54, 1.807) is 24.3 Å². The van der Waals surface area contributed by atoms with Crippen molar-refractivity contribution in [3.05, 3.63) is 86.1 Å². The number of aromatic carboxylic acids is 1. The van der Waals surface area contributed by atoms with Crippen LogP contribution in [0.4, 0.5) is 10.1 Å². The molecule has 0 aliphatic rings. The monoisotopic (exact) mass is 483 g/mol. The molecule has 0 heterocycles. The molecule has 0 aliphatic carbocycles. The van der Waals surface area contributed by atoms with Crippen molar-refractivity contribution in [3.8, 4) is 11.5 Å². The van der Waals surface area contributed by atoms with E-state index in [0.717, 1.165) is 5.56 Å². The molecule has 0 unspecified atom stereocenters. The molecule has 9 heteroatoms. The van der Waals surface area contributed by atoms with Gasteiger partial charge in [0.25, 0.3) is 0 Å². The molecule has 0 bridgehead atoms. The van der Waals surface area contributed by atoms with Gasteiger partial charge in [0, 0.05) is 17.8 Å². The van der Waals surface area contributed by atoms with E-state index in [1.807, 2.05) is 0 Å². The Morgan fingerprint density at radius 1 is 1.06 bits per heavy atom. The predicted octanol–water partition coefficient (Wildman–Crippen LogP) is 6.68. The van der Waals surface area contributed by atoms with Crippen LogP contribution in [-0.2, 0) is 13.2 Å². The molecule has 0 aliphatic heterocycles. The number of nitrogens with one attached hydrogen (secondary N) is 1. The Balaban J connectivity index is 1.75. The first kappa shape index (κ1) is 23.0. The minimum Gasteiger partial charge on any atom is -0.493 e. The van der Waals surface area contributed by atoms with Gasteiger partial charge in [0.05, 0.1) is 27.7 Å². The fraction of sp³-hybridized carbons (Fsp3) is 0.136. The number of hydrogen-bond donors (Lipinski definition) is 2. The molecule has 31 heavy (non-hydrogen) atoms. The third-order valence-electron chi connectivity index (χ3n) is 4.41. The van der Waals surface area contributed by atoms with E-state index in [1.165, 1.54) is 31.4 Å². The molecule has 0 spiro atoms. The number of carboxylic acid groups (broad SMARTS) is 1. The Kier molecular flexibility index (Phi) is 7.49. The number of benzene rings is 3. The Labute approximate surface area is 193 Å². The normalized spacial score (nSPS) is 10.6. The lowest BCUT2D eigenvalue weighted by Crippen LogP contribution is -2.04. The van der Waals surface area contributed by atoms with Gasteiger partial charge in [-0.3, -0.25) is 0 Å². The number of carbonyl (C=O) groups is 1. The van der Waals surface area contributed by atoms with Crippen LogP contribution in [0.1, 0.15) is 21.5 Å². The van der Waals surface area contributed by atoms with E-state index in [9.17, 15) is 9.18 Å². The van der Waals surface area contributed by atoms with Crippen LogP contribution < -0.4 is 14.8 Å². The van der Waals surface area contributed by atoms with Crippen molar-refractivity contribution in [2.45, 2.75) is 13.2 Å². The smallest absolute Gasteiger partial charge is 0.337 e. The van der Waals surface area contributed by atoms with Crippen LogP contribution in [0.15, 0.2) is 48.5 Å². The Bertz CT molecular complexity index is 1100. The molecular weight excluding hydrogens is 468 g/mol. The lowest BCUT2D eigenvalue weighted by Gasteiger charge is -2.16. The van der Waals surface area contributed by atoms with Crippen LogP contribution >= 0.6 is 34.8 Å². The van der Waals surface area contributed by atoms with Gasteiger partial charge in [0.15, 0.2) is 11.5 Å². The van der Waals surface area contributed by atoms with Crippen molar-refractivity contribution >= 4 is 46.5 Å². The van der Waals surface area contributed by atoms with Crippen LogP contribution in [0.25, 0.3) is 0 Å². The maximum atomic E-state index is 14.0. The molecule has 3 aromatic carbocycles. The number of hydrogen-bond acceptors (Lipinski definition) is 4. The Morgan fingerprint density at radius 3 is 2.48 bits per heavy atom. The highest BCUT2D eigenvalue weighted by atomic mass is 35.5. The summed E-state index contributed by atoms with van der Waals surface area (Å²) in [7, 11) is 1.47. The van der Waals surface area contributed by atoms with Crippen molar-refractivity contribution < 1.29 is 23.8 Å². The number of ether oxygens (including phenoxy) is 2. The summed E-state index contributed by atoms with van der Waals surface area (Å²) in [4.78, 5) is 11.1. The summed E-state index contributed by atoms with van der Waals surface area (Å²) in [5, 5.41) is 12.9. The van der Waals surface area contributed by atoms with Crippen LogP contribution in [0.5, 0.6) is 11.5 Å². The first-order valence-corrected chi connectivity index (χ1v) is 10.1. The minimum atomic E-state index is -1.10. The van der Waals surface area contributed by atoms with Gasteiger partial charge in [-0.25, -0.2) is 9.18 Å². The second-order valence-corrected chi connectivity index (χ2v) is 7.67. The third-order valence-corrected chi connectivity index (χ3v) is 5.36. The van der Waals surface area contributed by atoms with Gasteiger partial charge in [-0.05, 0) is 48.0 Å². The van der Waals surface area contributed by atoms with Gasteiger partial charge in [-0.2, -0.15) is 0 Å². The summed E-state index contributed by atoms with van der Waals surface area (Å²) in [6, 6.07) is 12.4. The molecule has 0 saturated heterocycles. The first-order valence-electron chi connectivity index (χ1n) is 8.99. The molecule has 162 valence electrons. The van der Waals surface area contributed by atoms with E-state index in [-0.39, 0.29) is 38.6 Å². The van der Waals surface area contributed by atoms with Crippen molar-refractivity contribution in [1.29, 1.82) is 0 Å². The SMILES string of the molecule is COc1cc(CNc2ccc(C(=O)O)c(Cl)c2)cc(Cl)c1OCc1c(F)cccc1Cl. The standard InChI is InChI=1S/C22H17Cl3FNO4/c1-30-20-8-12(10-27-13-5-6-14(22(28)29)17(24)9-13)7-18(25)21(20)31-11-15-16(23)3-2-4-19(15)26/h2-9,27H,10-11H2,1H3,(H,28,29). The number of halogens is 4. The van der Waals surface area contributed by atoms with Crippen LogP contribution in [0.3, 0.4) is 0 Å². The average Bonchev–Trinajstić information content (AvgIpc) is 2.72. The molecule has 0 fully saturated rings. The van der Waals surface area contributed by atoms with E-state index in [4.69, 9.17) is 49.4 Å². The largest absolute Gasteiger partial charge is 0.493 e. The average molecular weight is 485 g/mol. The molecule has 2 N–H and O–H groups in total. The van der Waals surface area contributed by atoms with Gasteiger partial charge in [0.2, 0.25) is 0 Å². The fourth-order valence-corrected chi connectivity index (χ4v) is 3.60. The zero-order valence-corrected chi connectivity index (χ0v) is 18.5. The highest BCUT2D eigenvalue weighted by Crippen LogP contribution is 2.37. The second-order valence-electron chi connectivity index (χ2n) is 6.45. The summed E-state index contributed by atoms with van der Waals surface area (Å²) >= 11 is 18.4. The zero-order chi connectivity index (χ0) is 22.5. The number of methoxy groups -OCH3 is 1. The van der Waals surface area contributed by atoms with E-state index in [0.29, 0.717) is 18.0 Å². The van der Waals surface area contributed by atoms with Crippen molar-refractivity contribution in [3.63, 3.8) is 0 Å². The summed E-state index contributed by atoms with van der Waals surface area (Å²) in [5.74, 6) is -0.937. The van der Waals surface area contributed by atoms with Crippen molar-refractivity contribution in [1.82, 2.24) is 0 Å². The number of carboxylic acids is 1. The molecule has 0 aromatic heterocycles. The van der Waals surface area contributed by atoms with Crippen LogP contribution in [0, 0.1) is 5.82 Å². The van der Waals surface area contributed by atoms with Gasteiger partial charge in [-0.1, -0.05) is 40.9 Å². The molecular formula is C22H17Cl3FNO4. The first-order chi connectivity index (χ1) is 14.8. The van der Waals surface area contributed by atoms with E-state index in [2.05, 4.69) is 5.32 Å². The zero-order valence-electron chi connectivity index (χ0n) is 16.2. The van der Waals surface area contributed by atoms with E-state index >= 15 is 0 Å². The van der Waals surface area contributed by atoms with E-state index < -0.39 is 11.8 Å². The minimum absolute atomic E-state index is 0.0217. The molecule has 0 radical (unpaired) electrons. The summed E-state index contributed by atoms with van der Waals surface area (Å²) in [6.45, 7) is 0.242. The fourth-order valence-electron chi connectivity index (χ4n) is 2.83. The molecule has 0 amide bonds. The van der Waals surface area contributed by atoms with Gasteiger partial charge < -0.3 is 19.9 Å².